The first-order valence-electron chi connectivity index (χ1n) is 5.17. The van der Waals surface area contributed by atoms with Crippen molar-refractivity contribution in [1.82, 2.24) is 5.16 Å². The van der Waals surface area contributed by atoms with Gasteiger partial charge in [0.25, 0.3) is 0 Å². The van der Waals surface area contributed by atoms with E-state index in [4.69, 9.17) is 10.3 Å². The Hall–Kier alpha value is -1.97. The Labute approximate surface area is 94.4 Å². The van der Waals surface area contributed by atoms with E-state index in [-0.39, 0.29) is 0 Å². The van der Waals surface area contributed by atoms with Crippen LogP contribution in [0.4, 0.5) is 11.4 Å². The molecule has 84 valence electrons. The maximum Gasteiger partial charge on any atom is 0.133 e. The van der Waals surface area contributed by atoms with Crippen LogP contribution < -0.4 is 11.1 Å². The number of nitrogen functional groups attached to an aromatic ring is 1. The van der Waals surface area contributed by atoms with Crippen molar-refractivity contribution in [3.63, 3.8) is 0 Å². The number of rotatable bonds is 3. The van der Waals surface area contributed by atoms with Crippen molar-refractivity contribution in [2.24, 2.45) is 0 Å². The summed E-state index contributed by atoms with van der Waals surface area (Å²) in [5, 5.41) is 7.17. The molecule has 1 aromatic heterocycles. The molecular formula is C12H15N3O. The molecule has 0 aliphatic carbocycles. The molecule has 1 heterocycles. The van der Waals surface area contributed by atoms with E-state index >= 15 is 0 Å². The summed E-state index contributed by atoms with van der Waals surface area (Å²) >= 11 is 0. The molecule has 4 heteroatoms. The largest absolute Gasteiger partial charge is 0.399 e. The highest BCUT2D eigenvalue weighted by Gasteiger charge is 2.00. The quantitative estimate of drug-likeness (QED) is 0.775. The number of hydrogen-bond acceptors (Lipinski definition) is 4. The van der Waals surface area contributed by atoms with Crippen LogP contribution in [0.3, 0.4) is 0 Å². The molecule has 4 nitrogen and oxygen atoms in total. The number of anilines is 2. The highest BCUT2D eigenvalue weighted by Crippen LogP contribution is 2.17. The molecule has 0 unspecified atom stereocenters. The highest BCUT2D eigenvalue weighted by atomic mass is 16.5. The van der Waals surface area contributed by atoms with Gasteiger partial charge in [0.2, 0.25) is 0 Å². The molecule has 2 aromatic rings. The molecular weight excluding hydrogens is 202 g/mol. The number of aromatic nitrogens is 1. The lowest BCUT2D eigenvalue weighted by molar-refractivity contribution is 0.391. The number of nitrogens with two attached hydrogens (primary N) is 1. The number of aryl methyl sites for hydroxylation is 2. The predicted octanol–water partition coefficient (Wildman–Crippen LogP) is 2.49. The van der Waals surface area contributed by atoms with Gasteiger partial charge in [-0.25, -0.2) is 0 Å². The number of nitrogens with zero attached hydrogens (tertiary/aromatic N) is 1. The van der Waals surface area contributed by atoms with Crippen molar-refractivity contribution in [2.75, 3.05) is 11.1 Å². The van der Waals surface area contributed by atoms with E-state index in [1.165, 1.54) is 0 Å². The molecule has 2 rings (SSSR count). The van der Waals surface area contributed by atoms with Gasteiger partial charge >= 0.3 is 0 Å². The third-order valence-electron chi connectivity index (χ3n) is 2.42. The van der Waals surface area contributed by atoms with Gasteiger partial charge in [0.15, 0.2) is 0 Å². The fourth-order valence-electron chi connectivity index (χ4n) is 1.48. The zero-order valence-electron chi connectivity index (χ0n) is 9.45. The number of nitrogens with one attached hydrogen (secondary N) is 1. The van der Waals surface area contributed by atoms with Crippen LogP contribution in [0.25, 0.3) is 0 Å². The van der Waals surface area contributed by atoms with Gasteiger partial charge in [-0.1, -0.05) is 5.16 Å². The smallest absolute Gasteiger partial charge is 0.133 e. The maximum atomic E-state index is 5.74. The Morgan fingerprint density at radius 2 is 2.12 bits per heavy atom. The van der Waals surface area contributed by atoms with Crippen LogP contribution in [0.1, 0.15) is 17.0 Å². The highest BCUT2D eigenvalue weighted by molar-refractivity contribution is 5.56. The third-order valence-corrected chi connectivity index (χ3v) is 2.42. The third kappa shape index (κ3) is 2.34. The molecule has 0 atom stereocenters. The molecule has 3 N–H and O–H groups in total. The predicted molar refractivity (Wildman–Crippen MR) is 64.2 cm³/mol. The van der Waals surface area contributed by atoms with Crippen LogP contribution in [0.15, 0.2) is 28.8 Å². The van der Waals surface area contributed by atoms with Crippen molar-refractivity contribution >= 4 is 11.4 Å². The van der Waals surface area contributed by atoms with Crippen LogP contribution in [0.2, 0.25) is 0 Å². The molecule has 0 radical (unpaired) electrons. The monoisotopic (exact) mass is 217 g/mol. The van der Waals surface area contributed by atoms with Gasteiger partial charge in [-0.2, -0.15) is 0 Å². The molecule has 0 aliphatic rings. The van der Waals surface area contributed by atoms with Gasteiger partial charge in [0, 0.05) is 17.4 Å². The van der Waals surface area contributed by atoms with Gasteiger partial charge in [0.05, 0.1) is 6.54 Å². The first-order chi connectivity index (χ1) is 7.65. The summed E-state index contributed by atoms with van der Waals surface area (Å²) in [7, 11) is 0. The van der Waals surface area contributed by atoms with E-state index in [1.54, 1.807) is 0 Å². The Bertz CT molecular complexity index is 491. The lowest BCUT2D eigenvalue weighted by Crippen LogP contribution is -2.00. The topological polar surface area (TPSA) is 64.1 Å². The van der Waals surface area contributed by atoms with Crippen LogP contribution >= 0.6 is 0 Å². The van der Waals surface area contributed by atoms with Crippen molar-refractivity contribution in [1.29, 1.82) is 0 Å². The second-order valence-corrected chi connectivity index (χ2v) is 3.85. The molecule has 0 spiro atoms. The molecule has 0 amide bonds. The summed E-state index contributed by atoms with van der Waals surface area (Å²) in [5.41, 5.74) is 9.55. The summed E-state index contributed by atoms with van der Waals surface area (Å²) in [6, 6.07) is 7.78. The Balaban J connectivity index is 2.02. The number of benzene rings is 1. The van der Waals surface area contributed by atoms with E-state index in [2.05, 4.69) is 10.5 Å². The molecule has 16 heavy (non-hydrogen) atoms. The van der Waals surface area contributed by atoms with Gasteiger partial charge in [0.1, 0.15) is 11.5 Å². The molecule has 0 bridgehead atoms. The average molecular weight is 217 g/mol. The lowest BCUT2D eigenvalue weighted by Gasteiger charge is -2.06. The Kier molecular flexibility index (Phi) is 2.81. The van der Waals surface area contributed by atoms with Crippen LogP contribution in [-0.4, -0.2) is 5.16 Å². The van der Waals surface area contributed by atoms with Crippen molar-refractivity contribution < 1.29 is 4.52 Å². The van der Waals surface area contributed by atoms with E-state index < -0.39 is 0 Å². The van der Waals surface area contributed by atoms with E-state index in [0.717, 1.165) is 28.4 Å². The zero-order chi connectivity index (χ0) is 11.5. The molecule has 0 fully saturated rings. The zero-order valence-corrected chi connectivity index (χ0v) is 9.45. The van der Waals surface area contributed by atoms with Crippen molar-refractivity contribution in [2.45, 2.75) is 20.4 Å². The minimum absolute atomic E-state index is 0.653. The normalized spacial score (nSPS) is 10.4. The molecule has 0 aliphatic heterocycles. The number of hydrogen-bond donors (Lipinski definition) is 2. The Morgan fingerprint density at radius 3 is 2.75 bits per heavy atom. The van der Waals surface area contributed by atoms with E-state index in [0.29, 0.717) is 6.54 Å². The Morgan fingerprint density at radius 1 is 1.31 bits per heavy atom. The van der Waals surface area contributed by atoms with Gasteiger partial charge in [-0.05, 0) is 37.6 Å². The van der Waals surface area contributed by atoms with Crippen LogP contribution in [0.5, 0.6) is 0 Å². The summed E-state index contributed by atoms with van der Waals surface area (Å²) < 4.78 is 4.99. The molecule has 1 aromatic carbocycles. The summed E-state index contributed by atoms with van der Waals surface area (Å²) in [6.07, 6.45) is 0. The maximum absolute atomic E-state index is 5.74. The van der Waals surface area contributed by atoms with E-state index in [9.17, 15) is 0 Å². The minimum atomic E-state index is 0.653. The molecule has 0 saturated heterocycles. The van der Waals surface area contributed by atoms with Gasteiger partial charge in [-0.15, -0.1) is 0 Å². The van der Waals surface area contributed by atoms with Crippen LogP contribution in [0, 0.1) is 13.8 Å². The van der Waals surface area contributed by atoms with E-state index in [1.807, 2.05) is 38.1 Å². The van der Waals surface area contributed by atoms with Gasteiger partial charge in [-0.3, -0.25) is 0 Å². The second-order valence-electron chi connectivity index (χ2n) is 3.85. The summed E-state index contributed by atoms with van der Waals surface area (Å²) in [4.78, 5) is 0. The minimum Gasteiger partial charge on any atom is -0.399 e. The summed E-state index contributed by atoms with van der Waals surface area (Å²) in [5.74, 6) is 0.824. The summed E-state index contributed by atoms with van der Waals surface area (Å²) in [6.45, 7) is 4.52. The second kappa shape index (κ2) is 4.26. The average Bonchev–Trinajstić information content (AvgIpc) is 2.66. The fraction of sp³-hybridized carbons (Fsp3) is 0.250. The SMILES string of the molecule is Cc1cc(CNc2ccc(N)c(C)c2)no1. The fourth-order valence-corrected chi connectivity index (χ4v) is 1.48. The first-order valence-corrected chi connectivity index (χ1v) is 5.17. The standard InChI is InChI=1S/C12H15N3O/c1-8-5-10(3-4-12(8)13)14-7-11-6-9(2)16-15-11/h3-6,14H,7,13H2,1-2H3. The molecule has 0 saturated carbocycles. The van der Waals surface area contributed by atoms with Crippen LogP contribution in [-0.2, 0) is 6.54 Å². The first kappa shape index (κ1) is 10.5. The van der Waals surface area contributed by atoms with Crippen molar-refractivity contribution in [3.05, 3.63) is 41.3 Å². The van der Waals surface area contributed by atoms with Gasteiger partial charge < -0.3 is 15.6 Å². The lowest BCUT2D eigenvalue weighted by atomic mass is 10.2. The van der Waals surface area contributed by atoms with Crippen molar-refractivity contribution in [3.8, 4) is 0 Å².